The third-order valence-electron chi connectivity index (χ3n) is 5.03. The SMILES string of the molecule is O=C(Nc1ccc(Cl)cc1)N[C@@H](Cc1ccccc1)C(=O)NCC1CCNCC1. The fourth-order valence-electron chi connectivity index (χ4n) is 3.37. The van der Waals surface area contributed by atoms with E-state index in [9.17, 15) is 9.59 Å². The molecule has 1 saturated heterocycles. The summed E-state index contributed by atoms with van der Waals surface area (Å²) in [6, 6.07) is 15.4. The van der Waals surface area contributed by atoms with Crippen LogP contribution in [0.1, 0.15) is 18.4 Å². The van der Waals surface area contributed by atoms with E-state index in [1.165, 1.54) is 0 Å². The van der Waals surface area contributed by atoms with E-state index in [1.54, 1.807) is 24.3 Å². The van der Waals surface area contributed by atoms with Crippen molar-refractivity contribution in [1.82, 2.24) is 16.0 Å². The highest BCUT2D eigenvalue weighted by Crippen LogP contribution is 2.14. The van der Waals surface area contributed by atoms with E-state index in [-0.39, 0.29) is 5.91 Å². The van der Waals surface area contributed by atoms with Gasteiger partial charge in [-0.2, -0.15) is 0 Å². The number of urea groups is 1. The zero-order chi connectivity index (χ0) is 20.5. The number of hydrogen-bond acceptors (Lipinski definition) is 3. The Hall–Kier alpha value is -2.57. The lowest BCUT2D eigenvalue weighted by molar-refractivity contribution is -0.123. The number of carbonyl (C=O) groups is 2. The highest BCUT2D eigenvalue weighted by Gasteiger charge is 2.23. The Morgan fingerprint density at radius 1 is 1.03 bits per heavy atom. The molecule has 1 atom stereocenters. The number of anilines is 1. The van der Waals surface area contributed by atoms with Gasteiger partial charge in [0.05, 0.1) is 0 Å². The van der Waals surface area contributed by atoms with Gasteiger partial charge in [0.15, 0.2) is 0 Å². The molecule has 1 aliphatic rings. The molecule has 0 saturated carbocycles. The molecule has 2 aromatic carbocycles. The minimum atomic E-state index is -0.661. The second kappa shape index (κ2) is 10.8. The summed E-state index contributed by atoms with van der Waals surface area (Å²) < 4.78 is 0. The van der Waals surface area contributed by atoms with Crippen LogP contribution in [0.25, 0.3) is 0 Å². The van der Waals surface area contributed by atoms with Crippen molar-refractivity contribution >= 4 is 29.2 Å². The van der Waals surface area contributed by atoms with Gasteiger partial charge in [-0.25, -0.2) is 4.79 Å². The predicted molar refractivity (Wildman–Crippen MR) is 116 cm³/mol. The van der Waals surface area contributed by atoms with Crippen molar-refractivity contribution in [3.05, 3.63) is 65.2 Å². The lowest BCUT2D eigenvalue weighted by Crippen LogP contribution is -2.50. The van der Waals surface area contributed by atoms with Crippen molar-refractivity contribution in [2.24, 2.45) is 5.92 Å². The molecule has 0 spiro atoms. The van der Waals surface area contributed by atoms with E-state index >= 15 is 0 Å². The first-order valence-corrected chi connectivity index (χ1v) is 10.3. The van der Waals surface area contributed by atoms with Crippen LogP contribution in [0, 0.1) is 5.92 Å². The van der Waals surface area contributed by atoms with Crippen molar-refractivity contribution in [3.63, 3.8) is 0 Å². The van der Waals surface area contributed by atoms with Crippen LogP contribution in [0.4, 0.5) is 10.5 Å². The molecule has 3 amide bonds. The van der Waals surface area contributed by atoms with Crippen LogP contribution in [0.5, 0.6) is 0 Å². The van der Waals surface area contributed by atoms with E-state index in [0.29, 0.717) is 29.6 Å². The Kier molecular flexibility index (Phi) is 7.90. The van der Waals surface area contributed by atoms with E-state index in [1.807, 2.05) is 30.3 Å². The number of halogens is 1. The molecular formula is C22H27ClN4O2. The fourth-order valence-corrected chi connectivity index (χ4v) is 3.50. The average molecular weight is 415 g/mol. The quantitative estimate of drug-likeness (QED) is 0.561. The van der Waals surface area contributed by atoms with Gasteiger partial charge in [0, 0.05) is 23.7 Å². The Morgan fingerprint density at radius 3 is 2.41 bits per heavy atom. The lowest BCUT2D eigenvalue weighted by atomic mass is 9.98. The molecule has 1 heterocycles. The Labute approximate surface area is 176 Å². The zero-order valence-corrected chi connectivity index (χ0v) is 17.0. The highest BCUT2D eigenvalue weighted by atomic mass is 35.5. The normalized spacial score (nSPS) is 15.3. The first-order valence-electron chi connectivity index (χ1n) is 9.95. The number of piperidine rings is 1. The summed E-state index contributed by atoms with van der Waals surface area (Å²) in [7, 11) is 0. The maximum absolute atomic E-state index is 12.8. The van der Waals surface area contributed by atoms with E-state index < -0.39 is 12.1 Å². The first-order chi connectivity index (χ1) is 14.1. The predicted octanol–water partition coefficient (Wildman–Crippen LogP) is 3.19. The Bertz CT molecular complexity index is 792. The van der Waals surface area contributed by atoms with Crippen LogP contribution in [0.3, 0.4) is 0 Å². The van der Waals surface area contributed by atoms with Gasteiger partial charge < -0.3 is 21.3 Å². The summed E-state index contributed by atoms with van der Waals surface area (Å²) in [6.07, 6.45) is 2.52. The van der Waals surface area contributed by atoms with Crippen molar-refractivity contribution in [2.45, 2.75) is 25.3 Å². The van der Waals surface area contributed by atoms with Gasteiger partial charge in [-0.05, 0) is 61.7 Å². The van der Waals surface area contributed by atoms with Gasteiger partial charge in [-0.1, -0.05) is 41.9 Å². The minimum Gasteiger partial charge on any atom is -0.354 e. The lowest BCUT2D eigenvalue weighted by Gasteiger charge is -2.24. The largest absolute Gasteiger partial charge is 0.354 e. The van der Waals surface area contributed by atoms with Crippen LogP contribution >= 0.6 is 11.6 Å². The van der Waals surface area contributed by atoms with Crippen LogP contribution in [-0.2, 0) is 11.2 Å². The van der Waals surface area contributed by atoms with Crippen molar-refractivity contribution < 1.29 is 9.59 Å². The monoisotopic (exact) mass is 414 g/mol. The minimum absolute atomic E-state index is 0.168. The second-order valence-electron chi connectivity index (χ2n) is 7.29. The molecule has 3 rings (SSSR count). The molecular weight excluding hydrogens is 388 g/mol. The van der Waals surface area contributed by atoms with Crippen molar-refractivity contribution in [1.29, 1.82) is 0 Å². The van der Waals surface area contributed by atoms with E-state index in [0.717, 1.165) is 31.5 Å². The number of rotatable bonds is 7. The van der Waals surface area contributed by atoms with E-state index in [2.05, 4.69) is 21.3 Å². The number of amides is 3. The summed E-state index contributed by atoms with van der Waals surface area (Å²) >= 11 is 5.88. The Morgan fingerprint density at radius 2 is 1.72 bits per heavy atom. The van der Waals surface area contributed by atoms with Crippen LogP contribution in [0.15, 0.2) is 54.6 Å². The summed E-state index contributed by atoms with van der Waals surface area (Å²) in [6.45, 7) is 2.59. The summed E-state index contributed by atoms with van der Waals surface area (Å²) in [5.74, 6) is 0.305. The maximum atomic E-state index is 12.8. The molecule has 6 nitrogen and oxygen atoms in total. The van der Waals surface area contributed by atoms with Crippen LogP contribution < -0.4 is 21.3 Å². The molecule has 0 bridgehead atoms. The summed E-state index contributed by atoms with van der Waals surface area (Å²) in [4.78, 5) is 25.3. The van der Waals surface area contributed by atoms with Gasteiger partial charge in [-0.3, -0.25) is 4.79 Å². The van der Waals surface area contributed by atoms with Gasteiger partial charge in [0.1, 0.15) is 6.04 Å². The molecule has 0 aliphatic carbocycles. The van der Waals surface area contributed by atoms with Gasteiger partial charge in [0.2, 0.25) is 5.91 Å². The fraction of sp³-hybridized carbons (Fsp3) is 0.364. The van der Waals surface area contributed by atoms with Crippen molar-refractivity contribution in [3.8, 4) is 0 Å². The third-order valence-corrected chi connectivity index (χ3v) is 5.28. The summed E-state index contributed by atoms with van der Waals surface area (Å²) in [5, 5.41) is 12.5. The van der Waals surface area contributed by atoms with Gasteiger partial charge in [-0.15, -0.1) is 0 Å². The molecule has 0 unspecified atom stereocenters. The molecule has 4 N–H and O–H groups in total. The third kappa shape index (κ3) is 7.07. The first kappa shape index (κ1) is 21.1. The highest BCUT2D eigenvalue weighted by molar-refractivity contribution is 6.30. The average Bonchev–Trinajstić information content (AvgIpc) is 2.74. The second-order valence-corrected chi connectivity index (χ2v) is 7.72. The molecule has 2 aromatic rings. The molecule has 0 radical (unpaired) electrons. The number of hydrogen-bond donors (Lipinski definition) is 4. The topological polar surface area (TPSA) is 82.3 Å². The maximum Gasteiger partial charge on any atom is 0.319 e. The number of benzene rings is 2. The smallest absolute Gasteiger partial charge is 0.319 e. The molecule has 0 aromatic heterocycles. The number of nitrogens with one attached hydrogen (secondary N) is 4. The van der Waals surface area contributed by atoms with Crippen LogP contribution in [-0.4, -0.2) is 37.6 Å². The molecule has 1 aliphatic heterocycles. The van der Waals surface area contributed by atoms with Crippen LogP contribution in [0.2, 0.25) is 5.02 Å². The zero-order valence-electron chi connectivity index (χ0n) is 16.3. The van der Waals surface area contributed by atoms with Gasteiger partial charge in [0.25, 0.3) is 0 Å². The number of carbonyl (C=O) groups excluding carboxylic acids is 2. The standard InChI is InChI=1S/C22H27ClN4O2/c23-18-6-8-19(9-7-18)26-22(29)27-20(14-16-4-2-1-3-5-16)21(28)25-15-17-10-12-24-13-11-17/h1-9,17,20,24H,10-15H2,(H,25,28)(H2,26,27,29)/t20-/m0/s1. The summed E-state index contributed by atoms with van der Waals surface area (Å²) in [5.41, 5.74) is 1.60. The molecule has 29 heavy (non-hydrogen) atoms. The van der Waals surface area contributed by atoms with Gasteiger partial charge >= 0.3 is 6.03 Å². The van der Waals surface area contributed by atoms with Crippen molar-refractivity contribution in [2.75, 3.05) is 25.0 Å². The Balaban J connectivity index is 1.60. The molecule has 7 heteroatoms. The molecule has 154 valence electrons. The molecule has 1 fully saturated rings. The van der Waals surface area contributed by atoms with E-state index in [4.69, 9.17) is 11.6 Å².